The second-order valence-corrected chi connectivity index (χ2v) is 4.42. The highest BCUT2D eigenvalue weighted by Crippen LogP contribution is 2.60. The molecule has 0 amide bonds. The topological polar surface area (TPSA) is 12.5 Å². The second-order valence-electron chi connectivity index (χ2n) is 3.52. The molecule has 2 heteroatoms. The molecule has 74 valence electrons. The third-order valence-electron chi connectivity index (χ3n) is 2.56. The van der Waals surface area contributed by atoms with E-state index in [9.17, 15) is 0 Å². The van der Waals surface area contributed by atoms with E-state index in [1.807, 2.05) is 36.4 Å². The van der Waals surface area contributed by atoms with Crippen molar-refractivity contribution in [2.75, 3.05) is 0 Å². The Kier molecular flexibility index (Phi) is 2.04. The van der Waals surface area contributed by atoms with Crippen LogP contribution in [-0.2, 0) is 9.12 Å². The van der Waals surface area contributed by atoms with Crippen LogP contribution in [-0.4, -0.2) is 0 Å². The largest absolute Gasteiger partial charge is 0.282 e. The highest BCUT2D eigenvalue weighted by atomic mass is 32.2. The van der Waals surface area contributed by atoms with E-state index in [4.69, 9.17) is 4.18 Å². The Morgan fingerprint density at radius 3 is 1.47 bits per heavy atom. The van der Waals surface area contributed by atoms with Gasteiger partial charge in [-0.1, -0.05) is 60.7 Å². The molecule has 0 aliphatic carbocycles. The Labute approximate surface area is 93.3 Å². The van der Waals surface area contributed by atoms with Gasteiger partial charge in [0.1, 0.15) is 0 Å². The van der Waals surface area contributed by atoms with E-state index in [0.29, 0.717) is 0 Å². The predicted octanol–water partition coefficient (Wildman–Crippen LogP) is 3.57. The molecule has 0 bridgehead atoms. The zero-order chi connectivity index (χ0) is 10.1. The molecular weight excluding hydrogens is 204 g/mol. The first-order valence-electron chi connectivity index (χ1n) is 4.90. The van der Waals surface area contributed by atoms with Gasteiger partial charge in [0, 0.05) is 23.2 Å². The molecule has 1 nitrogen and oxygen atoms in total. The summed E-state index contributed by atoms with van der Waals surface area (Å²) in [7, 11) is 0. The molecule has 3 rings (SSSR count). The minimum atomic E-state index is -0.248. The van der Waals surface area contributed by atoms with Crippen LogP contribution in [0.2, 0.25) is 0 Å². The van der Waals surface area contributed by atoms with Crippen molar-refractivity contribution in [2.45, 2.75) is 4.93 Å². The van der Waals surface area contributed by atoms with E-state index in [1.54, 1.807) is 0 Å². The lowest BCUT2D eigenvalue weighted by atomic mass is 10.0. The molecule has 0 radical (unpaired) electrons. The van der Waals surface area contributed by atoms with E-state index in [2.05, 4.69) is 24.3 Å². The first kappa shape index (κ1) is 9.01. The van der Waals surface area contributed by atoms with Gasteiger partial charge in [-0.15, -0.1) is 0 Å². The molecule has 15 heavy (non-hydrogen) atoms. The summed E-state index contributed by atoms with van der Waals surface area (Å²) in [6.07, 6.45) is 0. The quantitative estimate of drug-likeness (QED) is 0.560. The molecule has 0 aromatic heterocycles. The van der Waals surface area contributed by atoms with Crippen LogP contribution in [0, 0.1) is 0 Å². The molecule has 0 saturated carbocycles. The van der Waals surface area contributed by atoms with Gasteiger partial charge in [-0.2, -0.15) is 0 Å². The van der Waals surface area contributed by atoms with Crippen molar-refractivity contribution in [2.24, 2.45) is 0 Å². The van der Waals surface area contributed by atoms with Gasteiger partial charge in [-0.25, -0.2) is 0 Å². The SMILES string of the molecule is c1ccc(C2(c3ccccc3)OS2)cc1. The summed E-state index contributed by atoms with van der Waals surface area (Å²) < 4.78 is 5.58. The van der Waals surface area contributed by atoms with E-state index in [-0.39, 0.29) is 4.93 Å². The smallest absolute Gasteiger partial charge is 0.203 e. The fourth-order valence-electron chi connectivity index (χ4n) is 1.72. The standard InChI is InChI=1S/C13H10OS/c1-3-7-11(8-4-1)13(14-15-13)12-9-5-2-6-10-12/h1-10H. The zero-order valence-corrected chi connectivity index (χ0v) is 8.91. The van der Waals surface area contributed by atoms with Gasteiger partial charge >= 0.3 is 0 Å². The van der Waals surface area contributed by atoms with Crippen LogP contribution < -0.4 is 0 Å². The maximum atomic E-state index is 5.58. The minimum absolute atomic E-state index is 0.248. The average molecular weight is 214 g/mol. The average Bonchev–Trinajstić information content (AvgIpc) is 3.13. The summed E-state index contributed by atoms with van der Waals surface area (Å²) in [5, 5.41) is 0. The molecule has 0 N–H and O–H groups in total. The Hall–Kier alpha value is -1.25. The van der Waals surface area contributed by atoms with Crippen molar-refractivity contribution in [1.29, 1.82) is 0 Å². The predicted molar refractivity (Wildman–Crippen MR) is 62.3 cm³/mol. The molecule has 2 aromatic rings. The maximum Gasteiger partial charge on any atom is 0.203 e. The Balaban J connectivity index is 2.06. The lowest BCUT2D eigenvalue weighted by molar-refractivity contribution is 0.377. The van der Waals surface area contributed by atoms with Crippen LogP contribution in [0.4, 0.5) is 0 Å². The van der Waals surface area contributed by atoms with Gasteiger partial charge in [-0.05, 0) is 0 Å². The summed E-state index contributed by atoms with van der Waals surface area (Å²) in [4.78, 5) is -0.248. The number of benzene rings is 2. The van der Waals surface area contributed by atoms with Gasteiger partial charge in [0.05, 0.1) is 0 Å². The summed E-state index contributed by atoms with van der Waals surface area (Å²) in [5.74, 6) is 0. The third kappa shape index (κ3) is 1.46. The van der Waals surface area contributed by atoms with Crippen LogP contribution >= 0.6 is 12.0 Å². The fraction of sp³-hybridized carbons (Fsp3) is 0.0769. The minimum Gasteiger partial charge on any atom is -0.282 e. The maximum absolute atomic E-state index is 5.58. The van der Waals surface area contributed by atoms with Gasteiger partial charge in [0.15, 0.2) is 0 Å². The van der Waals surface area contributed by atoms with Crippen molar-refractivity contribution < 1.29 is 4.18 Å². The molecule has 1 fully saturated rings. The van der Waals surface area contributed by atoms with Crippen LogP contribution in [0.3, 0.4) is 0 Å². The van der Waals surface area contributed by atoms with Crippen molar-refractivity contribution in [1.82, 2.24) is 0 Å². The zero-order valence-electron chi connectivity index (χ0n) is 8.09. The second kappa shape index (κ2) is 3.40. The Morgan fingerprint density at radius 1 is 0.733 bits per heavy atom. The van der Waals surface area contributed by atoms with Crippen LogP contribution in [0.25, 0.3) is 0 Å². The Bertz CT molecular complexity index is 407. The number of hydrogen-bond acceptors (Lipinski definition) is 2. The van der Waals surface area contributed by atoms with E-state index in [1.165, 1.54) is 23.2 Å². The van der Waals surface area contributed by atoms with Crippen molar-refractivity contribution in [3.63, 3.8) is 0 Å². The summed E-state index contributed by atoms with van der Waals surface area (Å²) in [5.41, 5.74) is 2.42. The molecule has 1 aliphatic heterocycles. The van der Waals surface area contributed by atoms with Gasteiger partial charge in [0.2, 0.25) is 4.93 Å². The molecule has 0 spiro atoms. The van der Waals surface area contributed by atoms with E-state index >= 15 is 0 Å². The summed E-state index contributed by atoms with van der Waals surface area (Å²) in [6.45, 7) is 0. The van der Waals surface area contributed by atoms with Gasteiger partial charge in [-0.3, -0.25) is 4.18 Å². The molecule has 1 heterocycles. The molecule has 0 unspecified atom stereocenters. The normalized spacial score (nSPS) is 17.3. The fourth-order valence-corrected chi connectivity index (χ4v) is 2.46. The molecule has 2 aromatic carbocycles. The van der Waals surface area contributed by atoms with E-state index in [0.717, 1.165) is 0 Å². The van der Waals surface area contributed by atoms with E-state index < -0.39 is 0 Å². The van der Waals surface area contributed by atoms with Crippen molar-refractivity contribution in [3.05, 3.63) is 71.8 Å². The summed E-state index contributed by atoms with van der Waals surface area (Å²) >= 11 is 1.52. The monoisotopic (exact) mass is 214 g/mol. The lowest BCUT2D eigenvalue weighted by Crippen LogP contribution is -2.07. The number of hydrogen-bond donors (Lipinski definition) is 0. The van der Waals surface area contributed by atoms with Gasteiger partial charge in [0.25, 0.3) is 0 Å². The Morgan fingerprint density at radius 2 is 1.13 bits per heavy atom. The first-order valence-corrected chi connectivity index (χ1v) is 5.64. The number of rotatable bonds is 2. The summed E-state index contributed by atoms with van der Waals surface area (Å²) in [6, 6.07) is 20.6. The van der Waals surface area contributed by atoms with Crippen LogP contribution in [0.15, 0.2) is 60.7 Å². The molecule has 1 aliphatic rings. The highest BCUT2D eigenvalue weighted by Gasteiger charge is 2.50. The van der Waals surface area contributed by atoms with Crippen LogP contribution in [0.5, 0.6) is 0 Å². The van der Waals surface area contributed by atoms with Crippen LogP contribution in [0.1, 0.15) is 11.1 Å². The highest BCUT2D eigenvalue weighted by molar-refractivity contribution is 8.01. The molecule has 1 saturated heterocycles. The third-order valence-corrected chi connectivity index (χ3v) is 3.53. The van der Waals surface area contributed by atoms with Crippen molar-refractivity contribution in [3.8, 4) is 0 Å². The van der Waals surface area contributed by atoms with Crippen molar-refractivity contribution >= 4 is 12.0 Å². The lowest BCUT2D eigenvalue weighted by Gasteiger charge is -2.09. The first-order chi connectivity index (χ1) is 7.42. The molecule has 0 atom stereocenters. The van der Waals surface area contributed by atoms with Gasteiger partial charge < -0.3 is 0 Å². The molecular formula is C13H10OS.